The van der Waals surface area contributed by atoms with E-state index in [-0.39, 0.29) is 0 Å². The number of likely N-dealkylation sites (N-methyl/N-ethyl adjacent to an activating group) is 1. The Morgan fingerprint density at radius 1 is 0.889 bits per heavy atom. The summed E-state index contributed by atoms with van der Waals surface area (Å²) >= 11 is 0. The summed E-state index contributed by atoms with van der Waals surface area (Å²) in [5, 5.41) is 0. The van der Waals surface area contributed by atoms with Crippen LogP contribution in [0.3, 0.4) is 0 Å². The van der Waals surface area contributed by atoms with Gasteiger partial charge in [0.05, 0.1) is 0 Å². The van der Waals surface area contributed by atoms with E-state index in [1.54, 1.807) is 36.4 Å². The highest BCUT2D eigenvalue weighted by atomic mass is 32.2. The zero-order valence-electron chi connectivity index (χ0n) is 19.2. The molecule has 0 saturated carbocycles. The first-order valence-corrected chi connectivity index (χ1v) is 12.7. The van der Waals surface area contributed by atoms with Crippen LogP contribution in [0.1, 0.15) is 23.7 Å². The monoisotopic (exact) mass is 509 g/mol. The van der Waals surface area contributed by atoms with Gasteiger partial charge in [0, 0.05) is 29.6 Å². The van der Waals surface area contributed by atoms with Crippen molar-refractivity contribution in [3.63, 3.8) is 0 Å². The molecule has 1 aliphatic heterocycles. The number of anilines is 1. The summed E-state index contributed by atoms with van der Waals surface area (Å²) in [4.78, 5) is 1.95. The summed E-state index contributed by atoms with van der Waals surface area (Å²) in [6.07, 6.45) is 4.55. The van der Waals surface area contributed by atoms with E-state index >= 15 is 0 Å². The maximum Gasteiger partial charge on any atom is 0.523 e. The highest BCUT2D eigenvalue weighted by Crippen LogP contribution is 2.49. The van der Waals surface area contributed by atoms with E-state index in [9.17, 15) is 21.6 Å². The molecule has 36 heavy (non-hydrogen) atoms. The van der Waals surface area contributed by atoms with Crippen molar-refractivity contribution in [1.29, 1.82) is 0 Å². The third-order valence-corrected chi connectivity index (χ3v) is 7.37. The van der Waals surface area contributed by atoms with Crippen LogP contribution in [0.5, 0.6) is 0 Å². The summed E-state index contributed by atoms with van der Waals surface area (Å²) in [6, 6.07) is 23.5. The van der Waals surface area contributed by atoms with Crippen molar-refractivity contribution >= 4 is 21.4 Å². The molecule has 3 aromatic rings. The molecular weight excluding hydrogens is 487 g/mol. The molecule has 184 valence electrons. The summed E-state index contributed by atoms with van der Waals surface area (Å²) in [6.45, 7) is 0. The molecule has 0 aromatic heterocycles. The number of allylic oxidation sites excluding steroid dienone is 4. The molecule has 1 atom stereocenters. The maximum atomic E-state index is 13.5. The quantitative estimate of drug-likeness (QED) is 0.274. The number of nitrogens with zero attached hydrogens (tertiary/aromatic N) is 1. The highest BCUT2D eigenvalue weighted by molar-refractivity contribution is 7.87. The van der Waals surface area contributed by atoms with Gasteiger partial charge in [0.25, 0.3) is 0 Å². The van der Waals surface area contributed by atoms with Crippen LogP contribution in [0.2, 0.25) is 0 Å². The van der Waals surface area contributed by atoms with Crippen LogP contribution in [0, 0.1) is 0 Å². The lowest BCUT2D eigenvalue weighted by atomic mass is 9.82. The molecule has 1 heterocycles. The Labute approximate surface area is 207 Å². The molecule has 0 bridgehead atoms. The van der Waals surface area contributed by atoms with E-state index in [4.69, 9.17) is 4.18 Å². The standard InChI is InChI=1S/C28H22F3NO3S/c1-32-24-13-7-5-11-22(24)26(23-12-6-8-14-25(23)32)27(35-36(33,34)28(29,30)31)21-17-15-20(16-18-21)19-9-3-2-4-10-19/h2-11,13-18,27H,12H2,1H3. The zero-order valence-corrected chi connectivity index (χ0v) is 20.1. The van der Waals surface area contributed by atoms with Gasteiger partial charge >= 0.3 is 15.6 Å². The number of benzene rings is 3. The Kier molecular flexibility index (Phi) is 6.10. The smallest absolute Gasteiger partial charge is 0.344 e. The minimum Gasteiger partial charge on any atom is -0.344 e. The van der Waals surface area contributed by atoms with E-state index in [1.807, 2.05) is 72.6 Å². The molecule has 0 radical (unpaired) electrons. The minimum absolute atomic E-state index is 0.304. The van der Waals surface area contributed by atoms with E-state index < -0.39 is 21.7 Å². The van der Waals surface area contributed by atoms with Crippen LogP contribution >= 0.6 is 0 Å². The van der Waals surface area contributed by atoms with Crippen molar-refractivity contribution in [3.05, 3.63) is 119 Å². The number of alkyl halides is 3. The van der Waals surface area contributed by atoms with Crippen molar-refractivity contribution in [3.8, 4) is 11.1 Å². The van der Waals surface area contributed by atoms with Gasteiger partial charge in [-0.3, -0.25) is 4.18 Å². The van der Waals surface area contributed by atoms with Crippen molar-refractivity contribution in [2.45, 2.75) is 18.0 Å². The lowest BCUT2D eigenvalue weighted by molar-refractivity contribution is -0.0558. The molecule has 4 nitrogen and oxygen atoms in total. The maximum absolute atomic E-state index is 13.5. The molecule has 3 aromatic carbocycles. The zero-order chi connectivity index (χ0) is 25.5. The first-order chi connectivity index (χ1) is 17.2. The number of hydrogen-bond acceptors (Lipinski definition) is 4. The average molecular weight is 510 g/mol. The number of hydrogen-bond donors (Lipinski definition) is 0. The molecular formula is C28H22F3NO3S. The van der Waals surface area contributed by atoms with Crippen molar-refractivity contribution < 1.29 is 25.8 Å². The number of para-hydroxylation sites is 1. The molecule has 0 N–H and O–H groups in total. The van der Waals surface area contributed by atoms with E-state index in [2.05, 4.69) is 0 Å². The highest BCUT2D eigenvalue weighted by Gasteiger charge is 2.50. The van der Waals surface area contributed by atoms with Crippen LogP contribution in [-0.4, -0.2) is 21.0 Å². The summed E-state index contributed by atoms with van der Waals surface area (Å²) in [7, 11) is -4.02. The summed E-state index contributed by atoms with van der Waals surface area (Å²) in [5.74, 6) is 0. The molecule has 8 heteroatoms. The van der Waals surface area contributed by atoms with E-state index in [0.717, 1.165) is 22.5 Å². The Morgan fingerprint density at radius 3 is 2.22 bits per heavy atom. The molecule has 0 saturated heterocycles. The van der Waals surface area contributed by atoms with Crippen LogP contribution in [0.25, 0.3) is 16.7 Å². The molecule has 5 rings (SSSR count). The number of halogens is 3. The van der Waals surface area contributed by atoms with Crippen molar-refractivity contribution in [1.82, 2.24) is 0 Å². The van der Waals surface area contributed by atoms with E-state index in [0.29, 0.717) is 28.7 Å². The molecule has 1 unspecified atom stereocenters. The van der Waals surface area contributed by atoms with Gasteiger partial charge in [-0.1, -0.05) is 84.9 Å². The molecule has 0 fully saturated rings. The molecule has 0 amide bonds. The summed E-state index contributed by atoms with van der Waals surface area (Å²) < 4.78 is 70.1. The number of fused-ring (bicyclic) bond motifs is 2. The Bertz CT molecular complexity index is 1490. The Hall–Kier alpha value is -3.62. The lowest BCUT2D eigenvalue weighted by Crippen LogP contribution is -2.30. The SMILES string of the molecule is CN1C2=CC=CCC2=C(C(OS(=O)(=O)C(F)(F)F)c2ccc(-c3ccccc3)cc2)c2ccccc21. The second-order valence-corrected chi connectivity index (χ2v) is 10.1. The first-order valence-electron chi connectivity index (χ1n) is 11.3. The Balaban J connectivity index is 1.70. The lowest BCUT2D eigenvalue weighted by Gasteiger charge is -2.37. The fraction of sp³-hybridized carbons (Fsp3) is 0.143. The second-order valence-electron chi connectivity index (χ2n) is 8.52. The fourth-order valence-corrected chi connectivity index (χ4v) is 5.20. The van der Waals surface area contributed by atoms with Crippen LogP contribution in [0.4, 0.5) is 18.9 Å². The average Bonchev–Trinajstić information content (AvgIpc) is 2.88. The molecule has 1 aliphatic carbocycles. The van der Waals surface area contributed by atoms with Crippen LogP contribution in [0.15, 0.2) is 108 Å². The number of rotatable bonds is 5. The predicted molar refractivity (Wildman–Crippen MR) is 134 cm³/mol. The van der Waals surface area contributed by atoms with Gasteiger partial charge in [0.15, 0.2) is 0 Å². The van der Waals surface area contributed by atoms with Crippen molar-refractivity contribution in [2.75, 3.05) is 11.9 Å². The van der Waals surface area contributed by atoms with Gasteiger partial charge in [-0.05, 0) is 40.8 Å². The third-order valence-electron chi connectivity index (χ3n) is 6.35. The first kappa shape index (κ1) is 24.1. The molecule has 2 aliphatic rings. The van der Waals surface area contributed by atoms with Crippen LogP contribution < -0.4 is 4.90 Å². The van der Waals surface area contributed by atoms with E-state index in [1.165, 1.54) is 0 Å². The molecule has 0 spiro atoms. The van der Waals surface area contributed by atoms with Gasteiger partial charge in [0.1, 0.15) is 6.10 Å². The third kappa shape index (κ3) is 4.27. The van der Waals surface area contributed by atoms with Gasteiger partial charge in [-0.15, -0.1) is 0 Å². The van der Waals surface area contributed by atoms with Gasteiger partial charge in [-0.2, -0.15) is 21.6 Å². The minimum atomic E-state index is -5.90. The van der Waals surface area contributed by atoms with Gasteiger partial charge in [-0.25, -0.2) is 0 Å². The predicted octanol–water partition coefficient (Wildman–Crippen LogP) is 7.01. The fourth-order valence-electron chi connectivity index (χ4n) is 4.63. The summed E-state index contributed by atoms with van der Waals surface area (Å²) in [5.41, 5.74) is -0.209. The van der Waals surface area contributed by atoms with Gasteiger partial charge < -0.3 is 4.90 Å². The normalized spacial score (nSPS) is 16.3. The van der Waals surface area contributed by atoms with Gasteiger partial charge in [0.2, 0.25) is 0 Å². The second kappa shape index (κ2) is 9.11. The largest absolute Gasteiger partial charge is 0.523 e. The van der Waals surface area contributed by atoms with Crippen LogP contribution in [-0.2, 0) is 14.3 Å². The topological polar surface area (TPSA) is 46.6 Å². The van der Waals surface area contributed by atoms with Crippen molar-refractivity contribution in [2.24, 2.45) is 0 Å². The Morgan fingerprint density at radius 2 is 1.53 bits per heavy atom.